The maximum absolute atomic E-state index is 6.17. The molecule has 0 atom stereocenters. The SMILES string of the molecule is Cc1nn(-c2ccccc2)c(C)c1CN1CCOC2(CCOCC2)C1. The molecule has 134 valence electrons. The second-order valence-electron chi connectivity index (χ2n) is 7.25. The van der Waals surface area contributed by atoms with Gasteiger partial charge in [0.05, 0.1) is 23.6 Å². The van der Waals surface area contributed by atoms with Crippen LogP contribution in [0.15, 0.2) is 30.3 Å². The van der Waals surface area contributed by atoms with E-state index < -0.39 is 0 Å². The summed E-state index contributed by atoms with van der Waals surface area (Å²) in [6.07, 6.45) is 2.01. The third-order valence-electron chi connectivity index (χ3n) is 5.56. The molecule has 0 unspecified atom stereocenters. The molecule has 3 heterocycles. The van der Waals surface area contributed by atoms with Crippen LogP contribution in [0.3, 0.4) is 0 Å². The lowest BCUT2D eigenvalue weighted by atomic mass is 9.92. The van der Waals surface area contributed by atoms with Crippen LogP contribution in [-0.4, -0.2) is 53.2 Å². The molecule has 1 spiro atoms. The summed E-state index contributed by atoms with van der Waals surface area (Å²) in [5, 5.41) is 4.79. The van der Waals surface area contributed by atoms with Crippen LogP contribution >= 0.6 is 0 Å². The van der Waals surface area contributed by atoms with E-state index in [1.807, 2.05) is 6.07 Å². The van der Waals surface area contributed by atoms with Crippen molar-refractivity contribution in [2.24, 2.45) is 0 Å². The summed E-state index contributed by atoms with van der Waals surface area (Å²) in [6, 6.07) is 10.4. The maximum Gasteiger partial charge on any atom is 0.0853 e. The molecule has 2 saturated heterocycles. The summed E-state index contributed by atoms with van der Waals surface area (Å²) >= 11 is 0. The molecule has 25 heavy (non-hydrogen) atoms. The van der Waals surface area contributed by atoms with Gasteiger partial charge in [0.25, 0.3) is 0 Å². The van der Waals surface area contributed by atoms with Crippen LogP contribution in [-0.2, 0) is 16.0 Å². The number of benzene rings is 1. The summed E-state index contributed by atoms with van der Waals surface area (Å²) in [5.41, 5.74) is 4.81. The highest BCUT2D eigenvalue weighted by Crippen LogP contribution is 2.30. The predicted molar refractivity (Wildman–Crippen MR) is 97.1 cm³/mol. The molecule has 2 aliphatic heterocycles. The molecule has 0 radical (unpaired) electrons. The molecular weight excluding hydrogens is 314 g/mol. The molecule has 2 fully saturated rings. The van der Waals surface area contributed by atoms with Crippen molar-refractivity contribution in [1.82, 2.24) is 14.7 Å². The van der Waals surface area contributed by atoms with Crippen LogP contribution < -0.4 is 0 Å². The van der Waals surface area contributed by atoms with Gasteiger partial charge in [-0.1, -0.05) is 18.2 Å². The first-order valence-corrected chi connectivity index (χ1v) is 9.21. The van der Waals surface area contributed by atoms with Gasteiger partial charge in [-0.15, -0.1) is 0 Å². The molecule has 0 bridgehead atoms. The minimum Gasteiger partial charge on any atom is -0.381 e. The summed E-state index contributed by atoms with van der Waals surface area (Å²) in [6.45, 7) is 9.65. The average Bonchev–Trinajstić information content (AvgIpc) is 2.91. The van der Waals surface area contributed by atoms with Gasteiger partial charge in [0.1, 0.15) is 0 Å². The number of aromatic nitrogens is 2. The molecule has 2 aliphatic rings. The normalized spacial score (nSPS) is 20.9. The predicted octanol–water partition coefficient (Wildman–Crippen LogP) is 2.87. The van der Waals surface area contributed by atoms with Crippen LogP contribution in [0.5, 0.6) is 0 Å². The number of ether oxygens (including phenoxy) is 2. The molecule has 2 aromatic rings. The Balaban J connectivity index is 1.54. The molecular formula is C20H27N3O2. The van der Waals surface area contributed by atoms with Gasteiger partial charge in [0.2, 0.25) is 0 Å². The third kappa shape index (κ3) is 3.36. The number of nitrogens with zero attached hydrogens (tertiary/aromatic N) is 3. The van der Waals surface area contributed by atoms with Crippen LogP contribution in [0.25, 0.3) is 5.69 Å². The second-order valence-corrected chi connectivity index (χ2v) is 7.25. The first-order chi connectivity index (χ1) is 12.2. The Bertz CT molecular complexity index is 715. The van der Waals surface area contributed by atoms with E-state index in [0.717, 1.165) is 63.7 Å². The van der Waals surface area contributed by atoms with Gasteiger partial charge in [-0.25, -0.2) is 4.68 Å². The summed E-state index contributed by atoms with van der Waals surface area (Å²) in [5.74, 6) is 0. The summed E-state index contributed by atoms with van der Waals surface area (Å²) < 4.78 is 13.8. The lowest BCUT2D eigenvalue weighted by molar-refractivity contribution is -0.155. The first-order valence-electron chi connectivity index (χ1n) is 9.21. The highest BCUT2D eigenvalue weighted by Gasteiger charge is 2.38. The van der Waals surface area contributed by atoms with Gasteiger partial charge >= 0.3 is 0 Å². The molecule has 4 rings (SSSR count). The molecule has 1 aromatic carbocycles. The number of aryl methyl sites for hydroxylation is 1. The minimum absolute atomic E-state index is 0.00622. The molecule has 5 nitrogen and oxygen atoms in total. The number of rotatable bonds is 3. The monoisotopic (exact) mass is 341 g/mol. The molecule has 0 aliphatic carbocycles. The van der Waals surface area contributed by atoms with Crippen molar-refractivity contribution in [2.45, 2.75) is 38.8 Å². The smallest absolute Gasteiger partial charge is 0.0853 e. The van der Waals surface area contributed by atoms with Gasteiger partial charge in [-0.05, 0) is 26.0 Å². The zero-order valence-corrected chi connectivity index (χ0v) is 15.2. The number of para-hydroxylation sites is 1. The van der Waals surface area contributed by atoms with Crippen molar-refractivity contribution in [3.05, 3.63) is 47.3 Å². The van der Waals surface area contributed by atoms with E-state index in [2.05, 4.69) is 47.7 Å². The van der Waals surface area contributed by atoms with Crippen molar-refractivity contribution in [2.75, 3.05) is 32.9 Å². The number of morpholine rings is 1. The number of hydrogen-bond donors (Lipinski definition) is 0. The molecule has 5 heteroatoms. The van der Waals surface area contributed by atoms with Crippen LogP contribution in [0.2, 0.25) is 0 Å². The largest absolute Gasteiger partial charge is 0.381 e. The average molecular weight is 341 g/mol. The Labute approximate surface area is 149 Å². The summed E-state index contributed by atoms with van der Waals surface area (Å²) in [4.78, 5) is 2.53. The fraction of sp³-hybridized carbons (Fsp3) is 0.550. The standard InChI is InChI=1S/C20H27N3O2/c1-16-19(17(2)23(21-16)18-6-4-3-5-7-18)14-22-10-13-25-20(15-22)8-11-24-12-9-20/h3-7H,8-15H2,1-2H3. The van der Waals surface area contributed by atoms with Crippen molar-refractivity contribution in [3.63, 3.8) is 0 Å². The Hall–Kier alpha value is -1.69. The van der Waals surface area contributed by atoms with Crippen molar-refractivity contribution in [3.8, 4) is 5.69 Å². The Kier molecular flexibility index (Phi) is 4.63. The van der Waals surface area contributed by atoms with E-state index in [1.54, 1.807) is 0 Å². The van der Waals surface area contributed by atoms with Crippen LogP contribution in [0.4, 0.5) is 0 Å². The molecule has 0 N–H and O–H groups in total. The van der Waals surface area contributed by atoms with E-state index >= 15 is 0 Å². The van der Waals surface area contributed by atoms with Crippen molar-refractivity contribution < 1.29 is 9.47 Å². The summed E-state index contributed by atoms with van der Waals surface area (Å²) in [7, 11) is 0. The fourth-order valence-corrected chi connectivity index (χ4v) is 4.05. The zero-order chi connectivity index (χ0) is 17.3. The van der Waals surface area contributed by atoms with E-state index in [9.17, 15) is 0 Å². The quantitative estimate of drug-likeness (QED) is 0.861. The minimum atomic E-state index is -0.00622. The van der Waals surface area contributed by atoms with Crippen LogP contribution in [0, 0.1) is 13.8 Å². The third-order valence-corrected chi connectivity index (χ3v) is 5.56. The zero-order valence-electron chi connectivity index (χ0n) is 15.2. The Morgan fingerprint density at radius 2 is 1.84 bits per heavy atom. The van der Waals surface area contributed by atoms with E-state index in [-0.39, 0.29) is 5.60 Å². The van der Waals surface area contributed by atoms with E-state index in [0.29, 0.717) is 0 Å². The lowest BCUT2D eigenvalue weighted by Crippen LogP contribution is -2.54. The second kappa shape index (κ2) is 6.90. The van der Waals surface area contributed by atoms with Gasteiger partial charge in [0, 0.05) is 56.9 Å². The van der Waals surface area contributed by atoms with Crippen molar-refractivity contribution in [1.29, 1.82) is 0 Å². The van der Waals surface area contributed by atoms with Gasteiger partial charge < -0.3 is 9.47 Å². The Morgan fingerprint density at radius 3 is 2.60 bits per heavy atom. The first kappa shape index (κ1) is 16.8. The van der Waals surface area contributed by atoms with Gasteiger partial charge in [0.15, 0.2) is 0 Å². The fourth-order valence-electron chi connectivity index (χ4n) is 4.05. The van der Waals surface area contributed by atoms with Gasteiger partial charge in [-0.2, -0.15) is 5.10 Å². The lowest BCUT2D eigenvalue weighted by Gasteiger charge is -2.44. The van der Waals surface area contributed by atoms with E-state index in [4.69, 9.17) is 14.6 Å². The topological polar surface area (TPSA) is 39.5 Å². The maximum atomic E-state index is 6.17. The van der Waals surface area contributed by atoms with Crippen molar-refractivity contribution >= 4 is 0 Å². The number of hydrogen-bond acceptors (Lipinski definition) is 4. The molecule has 1 aromatic heterocycles. The molecule has 0 amide bonds. The van der Waals surface area contributed by atoms with E-state index in [1.165, 1.54) is 11.3 Å². The Morgan fingerprint density at radius 1 is 1.08 bits per heavy atom. The highest BCUT2D eigenvalue weighted by atomic mass is 16.5. The molecule has 0 saturated carbocycles. The van der Waals surface area contributed by atoms with Crippen LogP contribution in [0.1, 0.15) is 29.8 Å². The highest BCUT2D eigenvalue weighted by molar-refractivity contribution is 5.36. The van der Waals surface area contributed by atoms with Gasteiger partial charge in [-0.3, -0.25) is 4.90 Å².